The summed E-state index contributed by atoms with van der Waals surface area (Å²) in [5.74, 6) is -0.0102. The summed E-state index contributed by atoms with van der Waals surface area (Å²) in [6.07, 6.45) is 7.38. The molecule has 0 spiro atoms. The van der Waals surface area contributed by atoms with Crippen molar-refractivity contribution in [3.8, 4) is 5.69 Å². The molecule has 0 radical (unpaired) electrons. The maximum atomic E-state index is 12.9. The first-order chi connectivity index (χ1) is 11.8. The summed E-state index contributed by atoms with van der Waals surface area (Å²) in [5.41, 5.74) is 2.57. The Labute approximate surface area is 140 Å². The maximum absolute atomic E-state index is 12.9. The molecule has 0 N–H and O–H groups in total. The molecule has 3 aromatic rings. The summed E-state index contributed by atoms with van der Waals surface area (Å²) in [5, 5.41) is 4.47. The number of pyridine rings is 1. The van der Waals surface area contributed by atoms with Crippen LogP contribution in [0.25, 0.3) is 5.69 Å². The van der Waals surface area contributed by atoms with Crippen LogP contribution in [0.2, 0.25) is 0 Å². The van der Waals surface area contributed by atoms with Gasteiger partial charge in [0.05, 0.1) is 11.7 Å². The summed E-state index contributed by atoms with van der Waals surface area (Å²) < 4.78 is 1.74. The van der Waals surface area contributed by atoms with Gasteiger partial charge in [-0.05, 0) is 48.7 Å². The van der Waals surface area contributed by atoms with E-state index in [2.05, 4.69) is 10.1 Å². The van der Waals surface area contributed by atoms with E-state index >= 15 is 0 Å². The molecular weight excluding hydrogens is 300 g/mol. The molecule has 24 heavy (non-hydrogen) atoms. The van der Waals surface area contributed by atoms with Crippen LogP contribution < -0.4 is 0 Å². The van der Waals surface area contributed by atoms with Crippen molar-refractivity contribution in [2.45, 2.75) is 18.9 Å². The van der Waals surface area contributed by atoms with Gasteiger partial charge in [-0.15, -0.1) is 0 Å². The van der Waals surface area contributed by atoms with Gasteiger partial charge in [-0.25, -0.2) is 4.68 Å². The standard InChI is InChI=1S/C19H18N4O/c24-19(17-10-14-23(21-17)16-5-2-1-3-6-16)22-13-4-7-18(22)15-8-11-20-12-9-15/h1-3,5-6,8-12,14,18H,4,7,13H2. The average Bonchev–Trinajstić information content (AvgIpc) is 3.32. The lowest BCUT2D eigenvalue weighted by Gasteiger charge is -2.24. The highest BCUT2D eigenvalue weighted by Gasteiger charge is 2.31. The fourth-order valence-electron chi connectivity index (χ4n) is 3.25. The topological polar surface area (TPSA) is 51.0 Å². The van der Waals surface area contributed by atoms with Crippen molar-refractivity contribution in [3.63, 3.8) is 0 Å². The first-order valence-corrected chi connectivity index (χ1v) is 8.15. The highest BCUT2D eigenvalue weighted by molar-refractivity contribution is 5.92. The summed E-state index contributed by atoms with van der Waals surface area (Å²) in [6, 6.07) is 15.7. The van der Waals surface area contributed by atoms with E-state index in [1.165, 1.54) is 0 Å². The molecule has 1 aromatic carbocycles. The first kappa shape index (κ1) is 14.6. The van der Waals surface area contributed by atoms with Crippen molar-refractivity contribution in [2.24, 2.45) is 0 Å². The molecule has 1 aliphatic rings. The third kappa shape index (κ3) is 2.69. The lowest BCUT2D eigenvalue weighted by Crippen LogP contribution is -2.31. The van der Waals surface area contributed by atoms with E-state index in [9.17, 15) is 4.79 Å². The van der Waals surface area contributed by atoms with E-state index in [4.69, 9.17) is 0 Å². The van der Waals surface area contributed by atoms with Gasteiger partial charge in [0.25, 0.3) is 5.91 Å². The van der Waals surface area contributed by atoms with Gasteiger partial charge < -0.3 is 4.90 Å². The Balaban J connectivity index is 1.58. The van der Waals surface area contributed by atoms with Gasteiger partial charge >= 0.3 is 0 Å². The quantitative estimate of drug-likeness (QED) is 0.745. The number of para-hydroxylation sites is 1. The highest BCUT2D eigenvalue weighted by Crippen LogP contribution is 2.32. The Morgan fingerprint density at radius 2 is 1.83 bits per heavy atom. The van der Waals surface area contributed by atoms with E-state index in [0.717, 1.165) is 30.6 Å². The molecule has 120 valence electrons. The number of aromatic nitrogens is 3. The second-order valence-electron chi connectivity index (χ2n) is 5.92. The van der Waals surface area contributed by atoms with Crippen molar-refractivity contribution < 1.29 is 4.79 Å². The Morgan fingerprint density at radius 1 is 1.04 bits per heavy atom. The number of benzene rings is 1. The summed E-state index contributed by atoms with van der Waals surface area (Å²) in [6.45, 7) is 0.768. The molecule has 0 saturated carbocycles. The Bertz CT molecular complexity index is 829. The van der Waals surface area contributed by atoms with Gasteiger partial charge in [-0.1, -0.05) is 18.2 Å². The molecule has 1 amide bonds. The van der Waals surface area contributed by atoms with Crippen molar-refractivity contribution in [3.05, 3.63) is 78.4 Å². The van der Waals surface area contributed by atoms with Crippen LogP contribution in [0.5, 0.6) is 0 Å². The fourth-order valence-corrected chi connectivity index (χ4v) is 3.25. The fraction of sp³-hybridized carbons (Fsp3) is 0.211. The third-order valence-corrected chi connectivity index (χ3v) is 4.43. The molecule has 1 unspecified atom stereocenters. The maximum Gasteiger partial charge on any atom is 0.274 e. The van der Waals surface area contributed by atoms with E-state index in [0.29, 0.717) is 5.69 Å². The summed E-state index contributed by atoms with van der Waals surface area (Å²) in [7, 11) is 0. The zero-order valence-corrected chi connectivity index (χ0v) is 13.2. The van der Waals surface area contributed by atoms with Gasteiger partial charge in [0.2, 0.25) is 0 Å². The predicted octanol–water partition coefficient (Wildman–Crippen LogP) is 3.24. The Morgan fingerprint density at radius 3 is 2.62 bits per heavy atom. The smallest absolute Gasteiger partial charge is 0.274 e. The van der Waals surface area contributed by atoms with Crippen LogP contribution in [0.4, 0.5) is 0 Å². The minimum atomic E-state index is -0.0102. The number of likely N-dealkylation sites (tertiary alicyclic amines) is 1. The van der Waals surface area contributed by atoms with Crippen LogP contribution >= 0.6 is 0 Å². The van der Waals surface area contributed by atoms with Crippen LogP contribution in [0, 0.1) is 0 Å². The number of amides is 1. The minimum Gasteiger partial charge on any atom is -0.330 e. The number of carbonyl (C=O) groups excluding carboxylic acids is 1. The summed E-state index contributed by atoms with van der Waals surface area (Å²) in [4.78, 5) is 18.9. The van der Waals surface area contributed by atoms with E-state index in [1.54, 1.807) is 23.1 Å². The second-order valence-corrected chi connectivity index (χ2v) is 5.92. The minimum absolute atomic E-state index is 0.0102. The van der Waals surface area contributed by atoms with Crippen LogP contribution in [-0.4, -0.2) is 32.1 Å². The third-order valence-electron chi connectivity index (χ3n) is 4.43. The zero-order chi connectivity index (χ0) is 16.4. The molecule has 2 aromatic heterocycles. The first-order valence-electron chi connectivity index (χ1n) is 8.15. The molecule has 3 heterocycles. The van der Waals surface area contributed by atoms with Crippen LogP contribution in [-0.2, 0) is 0 Å². The van der Waals surface area contributed by atoms with Crippen LogP contribution in [0.3, 0.4) is 0 Å². The number of hydrogen-bond donors (Lipinski definition) is 0. The van der Waals surface area contributed by atoms with Crippen molar-refractivity contribution in [2.75, 3.05) is 6.54 Å². The van der Waals surface area contributed by atoms with Gasteiger partial charge in [0, 0.05) is 25.1 Å². The van der Waals surface area contributed by atoms with Crippen LogP contribution in [0.15, 0.2) is 67.1 Å². The molecule has 5 nitrogen and oxygen atoms in total. The van der Waals surface area contributed by atoms with E-state index < -0.39 is 0 Å². The number of hydrogen-bond acceptors (Lipinski definition) is 3. The zero-order valence-electron chi connectivity index (χ0n) is 13.2. The monoisotopic (exact) mass is 318 g/mol. The molecule has 1 saturated heterocycles. The second kappa shape index (κ2) is 6.28. The molecule has 1 fully saturated rings. The van der Waals surface area contributed by atoms with Gasteiger partial charge in [0.1, 0.15) is 0 Å². The molecule has 0 bridgehead atoms. The van der Waals surface area contributed by atoms with Crippen LogP contribution in [0.1, 0.15) is 34.9 Å². The van der Waals surface area contributed by atoms with Crippen molar-refractivity contribution >= 4 is 5.91 Å². The molecule has 1 aliphatic heterocycles. The Kier molecular flexibility index (Phi) is 3.83. The van der Waals surface area contributed by atoms with Gasteiger partial charge in [0.15, 0.2) is 5.69 Å². The Hall–Kier alpha value is -2.95. The average molecular weight is 318 g/mol. The van der Waals surface area contributed by atoms with Gasteiger partial charge in [-0.2, -0.15) is 5.10 Å². The summed E-state index contributed by atoms with van der Waals surface area (Å²) >= 11 is 0. The molecule has 4 rings (SSSR count). The lowest BCUT2D eigenvalue weighted by atomic mass is 10.1. The number of carbonyl (C=O) groups is 1. The highest BCUT2D eigenvalue weighted by atomic mass is 16.2. The molecule has 1 atom stereocenters. The SMILES string of the molecule is O=C(c1ccn(-c2ccccc2)n1)N1CCCC1c1ccncc1. The largest absolute Gasteiger partial charge is 0.330 e. The molecular formula is C19H18N4O. The van der Waals surface area contributed by atoms with E-state index in [1.807, 2.05) is 53.6 Å². The number of nitrogens with zero attached hydrogens (tertiary/aromatic N) is 4. The molecule has 0 aliphatic carbocycles. The normalized spacial score (nSPS) is 17.2. The molecule has 5 heteroatoms. The lowest BCUT2D eigenvalue weighted by molar-refractivity contribution is 0.0729. The number of rotatable bonds is 3. The van der Waals surface area contributed by atoms with Gasteiger partial charge in [-0.3, -0.25) is 9.78 Å². The van der Waals surface area contributed by atoms with E-state index in [-0.39, 0.29) is 11.9 Å². The van der Waals surface area contributed by atoms with Crippen molar-refractivity contribution in [1.29, 1.82) is 0 Å². The predicted molar refractivity (Wildman–Crippen MR) is 90.8 cm³/mol. The van der Waals surface area contributed by atoms with Crippen molar-refractivity contribution in [1.82, 2.24) is 19.7 Å².